The van der Waals surface area contributed by atoms with E-state index in [0.717, 1.165) is 10.6 Å². The Morgan fingerprint density at radius 3 is 0.822 bits per heavy atom. The summed E-state index contributed by atoms with van der Waals surface area (Å²) in [5.41, 5.74) is 0. The molecular formula is C37H31OP3Se4. The van der Waals surface area contributed by atoms with Gasteiger partial charge in [0, 0.05) is 0 Å². The van der Waals surface area contributed by atoms with E-state index in [1.54, 1.807) is 0 Å². The minimum atomic E-state index is -3.07. The summed E-state index contributed by atoms with van der Waals surface area (Å²) in [6.07, 6.45) is 0. The molecule has 0 bridgehead atoms. The first-order valence-corrected chi connectivity index (χ1v) is 31.3. The molecule has 8 heteroatoms. The molecule has 0 saturated heterocycles. The van der Waals surface area contributed by atoms with E-state index in [1.807, 2.05) is 0 Å². The molecule has 0 N–H and O–H groups in total. The topological polar surface area (TPSA) is 17.1 Å². The van der Waals surface area contributed by atoms with Gasteiger partial charge in [0.1, 0.15) is 0 Å². The van der Waals surface area contributed by atoms with Gasteiger partial charge in [-0.1, -0.05) is 0 Å². The van der Waals surface area contributed by atoms with Crippen molar-refractivity contribution in [3.8, 4) is 0 Å². The number of hydrogen-bond acceptors (Lipinski definition) is 1. The SMILES string of the molecule is O=P(c1ccccc1)(c1ccccc1)C(P([Se]c1ccccc1)[Se]c1ccccc1)P([Se]c1ccccc1)[Se]c1ccccc1. The predicted molar refractivity (Wildman–Crippen MR) is 205 cm³/mol. The molecular weight excluding hydrogens is 869 g/mol. The first-order valence-electron chi connectivity index (χ1n) is 14.4. The van der Waals surface area contributed by atoms with Crippen LogP contribution in [0.2, 0.25) is 0 Å². The molecule has 6 rings (SSSR count). The number of hydrogen-bond donors (Lipinski definition) is 0. The molecule has 0 aromatic heterocycles. The summed E-state index contributed by atoms with van der Waals surface area (Å²) in [7, 11) is -3.07. The van der Waals surface area contributed by atoms with Crippen molar-refractivity contribution >= 4 is 104 Å². The zero-order valence-corrected chi connectivity index (χ0v) is 33.8. The second-order valence-electron chi connectivity index (χ2n) is 9.86. The molecule has 0 unspecified atom stereocenters. The summed E-state index contributed by atoms with van der Waals surface area (Å²) >= 11 is 0.819. The third-order valence-electron chi connectivity index (χ3n) is 6.74. The van der Waals surface area contributed by atoms with Gasteiger partial charge in [-0.25, -0.2) is 0 Å². The van der Waals surface area contributed by atoms with Crippen LogP contribution in [0, 0.1) is 0 Å². The van der Waals surface area contributed by atoms with Crippen molar-refractivity contribution in [3.05, 3.63) is 182 Å². The van der Waals surface area contributed by atoms with Crippen LogP contribution in [0.3, 0.4) is 0 Å². The summed E-state index contributed by atoms with van der Waals surface area (Å²) in [5, 5.41) is 0.906. The molecule has 0 heterocycles. The zero-order valence-electron chi connectivity index (χ0n) is 24.3. The van der Waals surface area contributed by atoms with Crippen molar-refractivity contribution in [2.75, 3.05) is 0 Å². The van der Waals surface area contributed by atoms with E-state index in [9.17, 15) is 0 Å². The van der Waals surface area contributed by atoms with E-state index in [-0.39, 0.29) is 63.2 Å². The van der Waals surface area contributed by atoms with E-state index >= 15 is 4.57 Å². The van der Waals surface area contributed by atoms with E-state index in [1.165, 1.54) is 17.8 Å². The Kier molecular flexibility index (Phi) is 12.7. The molecule has 0 radical (unpaired) electrons. The van der Waals surface area contributed by atoms with Gasteiger partial charge < -0.3 is 0 Å². The normalized spacial score (nSPS) is 11.7. The van der Waals surface area contributed by atoms with Gasteiger partial charge in [-0.15, -0.1) is 0 Å². The van der Waals surface area contributed by atoms with Crippen molar-refractivity contribution in [2.24, 2.45) is 0 Å². The molecule has 0 aliphatic carbocycles. The predicted octanol–water partition coefficient (Wildman–Crippen LogP) is 6.03. The Balaban J connectivity index is 1.59. The maximum absolute atomic E-state index is 16.6. The Labute approximate surface area is 293 Å². The summed E-state index contributed by atoms with van der Waals surface area (Å²) in [6.45, 7) is 0. The molecule has 0 atom stereocenters. The van der Waals surface area contributed by atoms with Crippen molar-refractivity contribution in [1.29, 1.82) is 0 Å². The van der Waals surface area contributed by atoms with Crippen molar-refractivity contribution in [2.45, 2.75) is 5.14 Å². The van der Waals surface area contributed by atoms with Crippen LogP contribution >= 0.6 is 17.7 Å². The van der Waals surface area contributed by atoms with E-state index < -0.39 is 17.7 Å². The first kappa shape index (κ1) is 33.4. The van der Waals surface area contributed by atoms with Crippen LogP contribution in [-0.4, -0.2) is 63.2 Å². The maximum atomic E-state index is 16.6. The average Bonchev–Trinajstić information content (AvgIpc) is 3.11. The molecule has 0 fully saturated rings. The molecule has 224 valence electrons. The van der Waals surface area contributed by atoms with Crippen molar-refractivity contribution in [1.82, 2.24) is 0 Å². The van der Waals surface area contributed by atoms with Crippen LogP contribution in [0.25, 0.3) is 0 Å². The second kappa shape index (κ2) is 17.1. The van der Waals surface area contributed by atoms with Crippen molar-refractivity contribution < 1.29 is 4.57 Å². The fraction of sp³-hybridized carbons (Fsp3) is 0.0270. The standard InChI is InChI=1S/C37H31OP3Se4/c38-41(31-19-7-1-8-20-31,32-21-9-2-10-22-32)37(39(42-33-23-11-3-12-24-33)43-34-25-13-4-14-26-34)40(44-35-27-15-5-16-28-35)45-36-29-17-6-18-30-36/h1-30,37H. The second-order valence-corrected chi connectivity index (χ2v) is 42.3. The monoisotopic (exact) mass is 904 g/mol. The zero-order chi connectivity index (χ0) is 30.7. The molecule has 0 aliphatic rings. The van der Waals surface area contributed by atoms with E-state index in [2.05, 4.69) is 182 Å². The van der Waals surface area contributed by atoms with Gasteiger partial charge in [-0.3, -0.25) is 0 Å². The van der Waals surface area contributed by atoms with Crippen LogP contribution < -0.4 is 28.5 Å². The van der Waals surface area contributed by atoms with Crippen LogP contribution in [0.1, 0.15) is 0 Å². The number of rotatable bonds is 13. The fourth-order valence-electron chi connectivity index (χ4n) is 4.62. The summed E-state index contributed by atoms with van der Waals surface area (Å²) < 4.78 is 22.3. The molecule has 0 amide bonds. The minimum absolute atomic E-state index is 0.119. The Morgan fingerprint density at radius 2 is 0.578 bits per heavy atom. The first-order chi connectivity index (χ1) is 22.2. The van der Waals surface area contributed by atoms with Gasteiger partial charge in [0.25, 0.3) is 0 Å². The quantitative estimate of drug-likeness (QED) is 0.102. The number of benzene rings is 6. The third kappa shape index (κ3) is 8.90. The third-order valence-corrected chi connectivity index (χ3v) is 52.2. The van der Waals surface area contributed by atoms with E-state index in [0.29, 0.717) is 0 Å². The Bertz CT molecular complexity index is 1570. The van der Waals surface area contributed by atoms with Gasteiger partial charge in [0.15, 0.2) is 0 Å². The molecule has 45 heavy (non-hydrogen) atoms. The van der Waals surface area contributed by atoms with Crippen molar-refractivity contribution in [3.63, 3.8) is 0 Å². The molecule has 1 nitrogen and oxygen atoms in total. The van der Waals surface area contributed by atoms with Gasteiger partial charge in [-0.05, 0) is 0 Å². The van der Waals surface area contributed by atoms with Gasteiger partial charge in [-0.2, -0.15) is 0 Å². The Hall–Kier alpha value is -1.51. The van der Waals surface area contributed by atoms with Gasteiger partial charge >= 0.3 is 296 Å². The molecule has 6 aromatic carbocycles. The summed E-state index contributed by atoms with van der Waals surface area (Å²) in [5.74, 6) is 0. The molecule has 6 aromatic rings. The van der Waals surface area contributed by atoms with Crippen LogP contribution in [-0.2, 0) is 4.57 Å². The van der Waals surface area contributed by atoms with Crippen LogP contribution in [0.15, 0.2) is 182 Å². The van der Waals surface area contributed by atoms with Crippen LogP contribution in [0.5, 0.6) is 0 Å². The van der Waals surface area contributed by atoms with E-state index in [4.69, 9.17) is 0 Å². The molecule has 0 saturated carbocycles. The Morgan fingerprint density at radius 1 is 0.356 bits per heavy atom. The molecule has 0 spiro atoms. The summed E-state index contributed by atoms with van der Waals surface area (Å²) in [4.78, 5) is 0. The summed E-state index contributed by atoms with van der Waals surface area (Å²) in [6, 6.07) is 65.3. The van der Waals surface area contributed by atoms with Gasteiger partial charge in [0.05, 0.1) is 0 Å². The van der Waals surface area contributed by atoms with Gasteiger partial charge in [0.2, 0.25) is 0 Å². The molecule has 0 aliphatic heterocycles. The van der Waals surface area contributed by atoms with Crippen LogP contribution in [0.4, 0.5) is 0 Å². The average molecular weight is 900 g/mol. The fourth-order valence-corrected chi connectivity index (χ4v) is 72.9.